The van der Waals surface area contributed by atoms with Crippen LogP contribution in [0.3, 0.4) is 0 Å². The number of likely N-dealkylation sites (N-methyl/N-ethyl adjacent to an activating group) is 1. The van der Waals surface area contributed by atoms with E-state index in [9.17, 15) is 0 Å². The maximum atomic E-state index is 3.83. The highest BCUT2D eigenvalue weighted by Gasteiger charge is 1.98. The first-order valence-electron chi connectivity index (χ1n) is 4.74. The lowest BCUT2D eigenvalue weighted by atomic mass is 10.0. The molecule has 0 aliphatic heterocycles. The van der Waals surface area contributed by atoms with Crippen LogP contribution in [0.1, 0.15) is 19.8 Å². The standard InChI is InChI=1S/C12H18N/c1-11(10-13(2)3)9-12-7-5-4-6-8-12/h5,7-9H,2,4,6,10H2,1,3H3/q+1. The second kappa shape index (κ2) is 4.80. The minimum atomic E-state index is 0.936. The summed E-state index contributed by atoms with van der Waals surface area (Å²) in [6, 6.07) is 0. The molecular weight excluding hydrogens is 158 g/mol. The van der Waals surface area contributed by atoms with E-state index in [1.54, 1.807) is 0 Å². The number of nitrogens with zero attached hydrogens (tertiary/aromatic N) is 1. The highest BCUT2D eigenvalue weighted by atomic mass is 14.9. The van der Waals surface area contributed by atoms with Gasteiger partial charge in [0.15, 0.2) is 6.54 Å². The lowest BCUT2D eigenvalue weighted by Crippen LogP contribution is -2.05. The van der Waals surface area contributed by atoms with Crippen LogP contribution in [0.2, 0.25) is 0 Å². The van der Waals surface area contributed by atoms with Crippen LogP contribution in [0.4, 0.5) is 0 Å². The SMILES string of the molecule is C=[N+](C)CC(C)=CC1=CCCC=C1. The smallest absolute Gasteiger partial charge is 0.163 e. The van der Waals surface area contributed by atoms with E-state index in [1.165, 1.54) is 24.0 Å². The Kier molecular flexibility index (Phi) is 3.69. The van der Waals surface area contributed by atoms with Crippen molar-refractivity contribution in [2.45, 2.75) is 19.8 Å². The molecule has 1 nitrogen and oxygen atoms in total. The quantitative estimate of drug-likeness (QED) is 0.459. The molecule has 1 aliphatic carbocycles. The number of hydrogen-bond acceptors (Lipinski definition) is 0. The van der Waals surface area contributed by atoms with Crippen molar-refractivity contribution in [3.63, 3.8) is 0 Å². The molecule has 0 N–H and O–H groups in total. The van der Waals surface area contributed by atoms with Crippen molar-refractivity contribution in [3.8, 4) is 0 Å². The summed E-state index contributed by atoms with van der Waals surface area (Å²) in [5.41, 5.74) is 2.70. The molecule has 0 unspecified atom stereocenters. The molecule has 0 aromatic carbocycles. The Morgan fingerprint density at radius 1 is 1.62 bits per heavy atom. The Bertz CT molecular complexity index is 279. The first kappa shape index (κ1) is 9.97. The summed E-state index contributed by atoms with van der Waals surface area (Å²) in [4.78, 5) is 0. The van der Waals surface area contributed by atoms with Gasteiger partial charge in [0, 0.05) is 0 Å². The number of rotatable bonds is 3. The third-order valence-corrected chi connectivity index (χ3v) is 1.96. The van der Waals surface area contributed by atoms with Crippen LogP contribution in [0, 0.1) is 0 Å². The summed E-state index contributed by atoms with van der Waals surface area (Å²) in [6.07, 6.45) is 11.3. The van der Waals surface area contributed by atoms with Crippen molar-refractivity contribution in [2.75, 3.05) is 13.6 Å². The highest BCUT2D eigenvalue weighted by Crippen LogP contribution is 2.12. The zero-order chi connectivity index (χ0) is 9.68. The van der Waals surface area contributed by atoms with Gasteiger partial charge in [-0.2, -0.15) is 0 Å². The second-order valence-corrected chi connectivity index (χ2v) is 3.69. The number of allylic oxidation sites excluding steroid dienone is 5. The van der Waals surface area contributed by atoms with Gasteiger partial charge >= 0.3 is 0 Å². The van der Waals surface area contributed by atoms with E-state index in [0.29, 0.717) is 0 Å². The van der Waals surface area contributed by atoms with Crippen LogP contribution in [0.25, 0.3) is 0 Å². The Balaban J connectivity index is 2.58. The van der Waals surface area contributed by atoms with E-state index in [1.807, 2.05) is 11.6 Å². The molecule has 0 saturated heterocycles. The van der Waals surface area contributed by atoms with E-state index >= 15 is 0 Å². The van der Waals surface area contributed by atoms with Crippen molar-refractivity contribution in [1.29, 1.82) is 0 Å². The second-order valence-electron chi connectivity index (χ2n) is 3.69. The van der Waals surface area contributed by atoms with Gasteiger partial charge < -0.3 is 0 Å². The first-order chi connectivity index (χ1) is 6.18. The average Bonchev–Trinajstić information content (AvgIpc) is 2.04. The van der Waals surface area contributed by atoms with Crippen molar-refractivity contribution in [3.05, 3.63) is 35.5 Å². The first-order valence-corrected chi connectivity index (χ1v) is 4.74. The van der Waals surface area contributed by atoms with E-state index in [4.69, 9.17) is 0 Å². The molecule has 70 valence electrons. The molecule has 0 amide bonds. The average molecular weight is 176 g/mol. The van der Waals surface area contributed by atoms with Crippen molar-refractivity contribution in [2.24, 2.45) is 0 Å². The van der Waals surface area contributed by atoms with Crippen molar-refractivity contribution >= 4 is 6.72 Å². The Morgan fingerprint density at radius 2 is 2.38 bits per heavy atom. The van der Waals surface area contributed by atoms with Gasteiger partial charge in [-0.1, -0.05) is 24.3 Å². The van der Waals surface area contributed by atoms with Crippen LogP contribution in [-0.4, -0.2) is 24.9 Å². The van der Waals surface area contributed by atoms with Gasteiger partial charge in [-0.15, -0.1) is 0 Å². The zero-order valence-corrected chi connectivity index (χ0v) is 8.59. The van der Waals surface area contributed by atoms with Gasteiger partial charge in [-0.3, -0.25) is 0 Å². The van der Waals surface area contributed by atoms with Gasteiger partial charge in [0.05, 0.1) is 0 Å². The maximum Gasteiger partial charge on any atom is 0.163 e. The lowest BCUT2D eigenvalue weighted by Gasteiger charge is -2.02. The molecule has 0 radical (unpaired) electrons. The largest absolute Gasteiger partial charge is 0.241 e. The predicted molar refractivity (Wildman–Crippen MR) is 58.4 cm³/mol. The van der Waals surface area contributed by atoms with Crippen LogP contribution < -0.4 is 0 Å². The molecule has 0 atom stereocenters. The fourth-order valence-electron chi connectivity index (χ4n) is 1.50. The van der Waals surface area contributed by atoms with E-state index in [-0.39, 0.29) is 0 Å². The lowest BCUT2D eigenvalue weighted by molar-refractivity contribution is -0.479. The van der Waals surface area contributed by atoms with Crippen LogP contribution in [0.5, 0.6) is 0 Å². The summed E-state index contributed by atoms with van der Waals surface area (Å²) in [5.74, 6) is 0. The summed E-state index contributed by atoms with van der Waals surface area (Å²) in [7, 11) is 1.99. The summed E-state index contributed by atoms with van der Waals surface area (Å²) in [6.45, 7) is 6.91. The van der Waals surface area contributed by atoms with Gasteiger partial charge in [-0.05, 0) is 30.9 Å². The van der Waals surface area contributed by atoms with Crippen molar-refractivity contribution in [1.82, 2.24) is 0 Å². The molecule has 0 aromatic heterocycles. The van der Waals surface area contributed by atoms with Gasteiger partial charge in [0.25, 0.3) is 0 Å². The minimum Gasteiger partial charge on any atom is -0.241 e. The molecule has 0 saturated carbocycles. The monoisotopic (exact) mass is 176 g/mol. The summed E-state index contributed by atoms with van der Waals surface area (Å²) >= 11 is 0. The predicted octanol–water partition coefficient (Wildman–Crippen LogP) is 2.55. The highest BCUT2D eigenvalue weighted by molar-refractivity contribution is 5.35. The zero-order valence-electron chi connectivity index (χ0n) is 8.59. The van der Waals surface area contributed by atoms with Crippen LogP contribution in [0.15, 0.2) is 35.5 Å². The molecular formula is C12H18N+. The molecule has 1 aliphatic rings. The molecule has 13 heavy (non-hydrogen) atoms. The summed E-state index contributed by atoms with van der Waals surface area (Å²) in [5, 5.41) is 0. The Morgan fingerprint density at radius 3 is 2.92 bits per heavy atom. The molecule has 0 heterocycles. The van der Waals surface area contributed by atoms with Crippen LogP contribution in [-0.2, 0) is 0 Å². The van der Waals surface area contributed by atoms with E-state index < -0.39 is 0 Å². The fourth-order valence-corrected chi connectivity index (χ4v) is 1.50. The van der Waals surface area contributed by atoms with Gasteiger partial charge in [-0.25, -0.2) is 4.58 Å². The summed E-state index contributed by atoms with van der Waals surface area (Å²) < 4.78 is 1.94. The molecule has 0 fully saturated rings. The topological polar surface area (TPSA) is 3.01 Å². The molecule has 1 heteroatoms. The maximum absolute atomic E-state index is 3.83. The molecule has 1 rings (SSSR count). The van der Waals surface area contributed by atoms with Crippen molar-refractivity contribution < 1.29 is 4.58 Å². The third kappa shape index (κ3) is 3.88. The number of hydrogen-bond donors (Lipinski definition) is 0. The Hall–Kier alpha value is -1.11. The fraction of sp³-hybridized carbons (Fsp3) is 0.417. The normalized spacial score (nSPS) is 17.1. The van der Waals surface area contributed by atoms with Crippen LogP contribution >= 0.6 is 0 Å². The molecule has 0 spiro atoms. The van der Waals surface area contributed by atoms with E-state index in [0.717, 1.165) is 6.54 Å². The molecule has 0 aromatic rings. The van der Waals surface area contributed by atoms with E-state index in [2.05, 4.69) is 37.9 Å². The van der Waals surface area contributed by atoms with Gasteiger partial charge in [0.1, 0.15) is 13.8 Å². The molecule has 0 bridgehead atoms. The van der Waals surface area contributed by atoms with Gasteiger partial charge in [0.2, 0.25) is 0 Å². The third-order valence-electron chi connectivity index (χ3n) is 1.96. The minimum absolute atomic E-state index is 0.936. The Labute approximate surface area is 80.8 Å².